The van der Waals surface area contributed by atoms with Crippen molar-refractivity contribution < 1.29 is 19.0 Å². The van der Waals surface area contributed by atoms with Crippen molar-refractivity contribution in [3.63, 3.8) is 0 Å². The predicted octanol–water partition coefficient (Wildman–Crippen LogP) is 4.80. The van der Waals surface area contributed by atoms with Gasteiger partial charge in [-0.2, -0.15) is 0 Å². The molecule has 0 bridgehead atoms. The molecule has 0 saturated carbocycles. The van der Waals surface area contributed by atoms with Crippen molar-refractivity contribution in [1.82, 2.24) is 0 Å². The number of methoxy groups -OCH3 is 3. The molecule has 0 spiro atoms. The Bertz CT molecular complexity index is 700. The number of hydrogen-bond donors (Lipinski definition) is 0. The molecule has 0 fully saturated rings. The zero-order chi connectivity index (χ0) is 19.5. The summed E-state index contributed by atoms with van der Waals surface area (Å²) in [6, 6.07) is 0. The first-order chi connectivity index (χ1) is 12.5. The van der Waals surface area contributed by atoms with E-state index in [2.05, 4.69) is 25.7 Å². The summed E-state index contributed by atoms with van der Waals surface area (Å²) in [6.07, 6.45) is 15.7. The summed E-state index contributed by atoms with van der Waals surface area (Å²) in [7, 11) is 4.59. The summed E-state index contributed by atoms with van der Waals surface area (Å²) >= 11 is 0. The van der Waals surface area contributed by atoms with Gasteiger partial charge in [0.1, 0.15) is 5.76 Å². The van der Waals surface area contributed by atoms with Gasteiger partial charge in [0.05, 0.1) is 27.2 Å². The van der Waals surface area contributed by atoms with Gasteiger partial charge < -0.3 is 14.2 Å². The van der Waals surface area contributed by atoms with Gasteiger partial charge in [-0.3, -0.25) is 4.79 Å². The maximum Gasteiger partial charge on any atom is 0.198 e. The van der Waals surface area contributed by atoms with Crippen LogP contribution in [0, 0.1) is 5.92 Å². The van der Waals surface area contributed by atoms with Gasteiger partial charge in [0.25, 0.3) is 0 Å². The lowest BCUT2D eigenvalue weighted by Gasteiger charge is -2.14. The highest BCUT2D eigenvalue weighted by molar-refractivity contribution is 5.94. The Kier molecular flexibility index (Phi) is 8.99. The standard InChI is InChI=1S/C22H28O4/c1-7-19(15-21(25-5)22(26-6)17(3)24-4)20(23)13-12-18-11-9-8-10-16(2)14-18/h7-9,11-15,19H,1,10H2,2-6H3/b13-12+,21-15?,22-17-/t19-/m1/s1. The molecule has 0 aliphatic heterocycles. The Morgan fingerprint density at radius 1 is 1.23 bits per heavy atom. The van der Waals surface area contributed by atoms with Crippen molar-refractivity contribution in [2.45, 2.75) is 20.3 Å². The Labute approximate surface area is 156 Å². The lowest BCUT2D eigenvalue weighted by atomic mass is 10.0. The second-order valence-corrected chi connectivity index (χ2v) is 5.82. The van der Waals surface area contributed by atoms with E-state index in [4.69, 9.17) is 14.2 Å². The molecule has 0 saturated heterocycles. The zero-order valence-corrected chi connectivity index (χ0v) is 16.2. The average Bonchev–Trinajstić information content (AvgIpc) is 2.86. The Morgan fingerprint density at radius 3 is 2.54 bits per heavy atom. The summed E-state index contributed by atoms with van der Waals surface area (Å²) in [5.41, 5.74) is 2.23. The maximum absolute atomic E-state index is 12.6. The fourth-order valence-corrected chi connectivity index (χ4v) is 2.39. The van der Waals surface area contributed by atoms with Crippen LogP contribution in [0.1, 0.15) is 20.3 Å². The molecule has 1 aliphatic rings. The number of carbonyl (C=O) groups is 1. The lowest BCUT2D eigenvalue weighted by Crippen LogP contribution is -2.10. The van der Waals surface area contributed by atoms with Gasteiger partial charge in [-0.25, -0.2) is 0 Å². The van der Waals surface area contributed by atoms with Crippen LogP contribution in [0.15, 0.2) is 83.6 Å². The Morgan fingerprint density at radius 2 is 1.96 bits per heavy atom. The normalized spacial score (nSPS) is 16.9. The first-order valence-electron chi connectivity index (χ1n) is 8.40. The molecule has 0 radical (unpaired) electrons. The molecular formula is C22H28O4. The van der Waals surface area contributed by atoms with Crippen LogP contribution in [0.4, 0.5) is 0 Å². The van der Waals surface area contributed by atoms with Crippen molar-refractivity contribution in [2.24, 2.45) is 5.92 Å². The maximum atomic E-state index is 12.6. The van der Waals surface area contributed by atoms with Gasteiger partial charge in [-0.1, -0.05) is 42.0 Å². The van der Waals surface area contributed by atoms with E-state index >= 15 is 0 Å². The molecule has 4 heteroatoms. The number of hydrogen-bond acceptors (Lipinski definition) is 4. The van der Waals surface area contributed by atoms with Crippen LogP contribution >= 0.6 is 0 Å². The van der Waals surface area contributed by atoms with Crippen LogP contribution in [0.3, 0.4) is 0 Å². The van der Waals surface area contributed by atoms with E-state index in [1.54, 1.807) is 32.3 Å². The molecule has 1 atom stereocenters. The number of ether oxygens (including phenoxy) is 3. The van der Waals surface area contributed by atoms with Crippen LogP contribution in [0.5, 0.6) is 0 Å². The van der Waals surface area contributed by atoms with Crippen LogP contribution in [-0.4, -0.2) is 27.1 Å². The Balaban J connectivity index is 3.06. The van der Waals surface area contributed by atoms with Crippen molar-refractivity contribution >= 4 is 5.78 Å². The largest absolute Gasteiger partial charge is 0.497 e. The van der Waals surface area contributed by atoms with Gasteiger partial charge in [0, 0.05) is 0 Å². The fraction of sp³-hybridized carbons (Fsp3) is 0.318. The fourth-order valence-electron chi connectivity index (χ4n) is 2.39. The molecule has 1 rings (SSSR count). The molecule has 26 heavy (non-hydrogen) atoms. The molecule has 1 aliphatic carbocycles. The third-order valence-corrected chi connectivity index (χ3v) is 3.90. The van der Waals surface area contributed by atoms with Crippen LogP contribution in [-0.2, 0) is 19.0 Å². The van der Waals surface area contributed by atoms with E-state index in [0.29, 0.717) is 17.3 Å². The molecule has 0 aromatic rings. The van der Waals surface area contributed by atoms with Gasteiger partial charge >= 0.3 is 0 Å². The minimum atomic E-state index is -0.539. The van der Waals surface area contributed by atoms with E-state index in [0.717, 1.165) is 12.0 Å². The van der Waals surface area contributed by atoms with E-state index < -0.39 is 5.92 Å². The topological polar surface area (TPSA) is 44.8 Å². The zero-order valence-electron chi connectivity index (χ0n) is 16.2. The van der Waals surface area contributed by atoms with E-state index in [1.165, 1.54) is 19.8 Å². The van der Waals surface area contributed by atoms with E-state index in [1.807, 2.05) is 18.2 Å². The first-order valence-corrected chi connectivity index (χ1v) is 8.40. The van der Waals surface area contributed by atoms with Crippen LogP contribution in [0.2, 0.25) is 0 Å². The highest BCUT2D eigenvalue weighted by Crippen LogP contribution is 2.20. The third-order valence-electron chi connectivity index (χ3n) is 3.90. The molecule has 140 valence electrons. The summed E-state index contributed by atoms with van der Waals surface area (Å²) in [5.74, 6) is 0.783. The second kappa shape index (κ2) is 11.0. The molecule has 0 amide bonds. The van der Waals surface area contributed by atoms with Gasteiger partial charge in [-0.05, 0) is 38.0 Å². The lowest BCUT2D eigenvalue weighted by molar-refractivity contribution is -0.115. The summed E-state index contributed by atoms with van der Waals surface area (Å²) in [6.45, 7) is 7.59. The molecule has 0 aromatic heterocycles. The molecule has 4 nitrogen and oxygen atoms in total. The van der Waals surface area contributed by atoms with Crippen molar-refractivity contribution in [3.8, 4) is 0 Å². The predicted molar refractivity (Wildman–Crippen MR) is 105 cm³/mol. The summed E-state index contributed by atoms with van der Waals surface area (Å²) in [4.78, 5) is 12.6. The smallest absolute Gasteiger partial charge is 0.198 e. The second-order valence-electron chi connectivity index (χ2n) is 5.82. The minimum absolute atomic E-state index is 0.0970. The number of ketones is 1. The van der Waals surface area contributed by atoms with Crippen molar-refractivity contribution in [2.75, 3.05) is 21.3 Å². The van der Waals surface area contributed by atoms with E-state index in [9.17, 15) is 4.79 Å². The van der Waals surface area contributed by atoms with E-state index in [-0.39, 0.29) is 5.78 Å². The summed E-state index contributed by atoms with van der Waals surface area (Å²) in [5, 5.41) is 0. The van der Waals surface area contributed by atoms with Crippen LogP contribution in [0.25, 0.3) is 0 Å². The molecule has 0 heterocycles. The quantitative estimate of drug-likeness (QED) is 0.258. The number of carbonyl (C=O) groups excluding carboxylic acids is 1. The number of rotatable bonds is 9. The van der Waals surface area contributed by atoms with Gasteiger partial charge in [0.2, 0.25) is 0 Å². The Hall–Kier alpha value is -2.75. The van der Waals surface area contributed by atoms with Gasteiger partial charge in [0.15, 0.2) is 17.3 Å². The molecule has 0 N–H and O–H groups in total. The molecular weight excluding hydrogens is 328 g/mol. The first kappa shape index (κ1) is 21.3. The SMILES string of the molecule is C=C[C@H](C=C(OC)/C(OC)=C(\C)OC)C(=O)/C=C/C1=CC=CCC(C)=C1. The van der Waals surface area contributed by atoms with Gasteiger partial charge in [-0.15, -0.1) is 6.58 Å². The summed E-state index contributed by atoms with van der Waals surface area (Å²) < 4.78 is 15.9. The highest BCUT2D eigenvalue weighted by atomic mass is 16.5. The number of allylic oxidation sites excluding steroid dienone is 11. The van der Waals surface area contributed by atoms with Crippen molar-refractivity contribution in [3.05, 3.63) is 83.6 Å². The molecule has 0 aromatic carbocycles. The monoisotopic (exact) mass is 356 g/mol. The third kappa shape index (κ3) is 6.28. The van der Waals surface area contributed by atoms with Crippen molar-refractivity contribution in [1.29, 1.82) is 0 Å². The molecule has 0 unspecified atom stereocenters. The van der Waals surface area contributed by atoms with Crippen LogP contribution < -0.4 is 0 Å². The minimum Gasteiger partial charge on any atom is -0.497 e. The average molecular weight is 356 g/mol. The highest BCUT2D eigenvalue weighted by Gasteiger charge is 2.16.